The van der Waals surface area contributed by atoms with Gasteiger partial charge in [-0.3, -0.25) is 4.79 Å². The summed E-state index contributed by atoms with van der Waals surface area (Å²) in [6.45, 7) is 0.692. The lowest BCUT2D eigenvalue weighted by Crippen LogP contribution is -2.31. The lowest BCUT2D eigenvalue weighted by Gasteiger charge is -2.18. The van der Waals surface area contributed by atoms with Gasteiger partial charge in [-0.1, -0.05) is 24.3 Å². The number of fused-ring (bicyclic) bond motifs is 1. The number of methoxy groups -OCH3 is 3. The SMILES string of the molecule is COC(=O)c1cn(CC(=O)N(C)CCc2ccc(OC)c(OC)c2)c2ccccc12. The van der Waals surface area contributed by atoms with Gasteiger partial charge in [0.15, 0.2) is 11.5 Å². The Morgan fingerprint density at radius 1 is 1.00 bits per heavy atom. The fraction of sp³-hybridized carbons (Fsp3) is 0.304. The predicted octanol–water partition coefficient (Wildman–Crippen LogP) is 3.15. The molecule has 0 N–H and O–H groups in total. The van der Waals surface area contributed by atoms with Crippen molar-refractivity contribution in [3.63, 3.8) is 0 Å². The molecule has 30 heavy (non-hydrogen) atoms. The molecule has 2 aromatic carbocycles. The third-order valence-electron chi connectivity index (χ3n) is 5.11. The molecule has 158 valence electrons. The summed E-state index contributed by atoms with van der Waals surface area (Å²) in [5, 5.41) is 0.769. The van der Waals surface area contributed by atoms with Gasteiger partial charge in [0.05, 0.1) is 26.9 Å². The lowest BCUT2D eigenvalue weighted by molar-refractivity contribution is -0.130. The van der Waals surface area contributed by atoms with Crippen LogP contribution in [0.2, 0.25) is 0 Å². The van der Waals surface area contributed by atoms with Gasteiger partial charge in [-0.05, 0) is 30.2 Å². The molecule has 0 radical (unpaired) electrons. The molecule has 0 aliphatic rings. The van der Waals surface area contributed by atoms with Crippen molar-refractivity contribution in [3.05, 3.63) is 59.8 Å². The topological polar surface area (TPSA) is 70.0 Å². The summed E-state index contributed by atoms with van der Waals surface area (Å²) in [6, 6.07) is 13.2. The highest BCUT2D eigenvalue weighted by Gasteiger charge is 2.18. The van der Waals surface area contributed by atoms with Crippen molar-refractivity contribution in [1.29, 1.82) is 0 Å². The summed E-state index contributed by atoms with van der Waals surface area (Å²) >= 11 is 0. The second-order valence-electron chi connectivity index (χ2n) is 6.93. The van der Waals surface area contributed by atoms with Crippen LogP contribution in [0, 0.1) is 0 Å². The van der Waals surface area contributed by atoms with Crippen molar-refractivity contribution in [3.8, 4) is 11.5 Å². The quantitative estimate of drug-likeness (QED) is 0.534. The lowest BCUT2D eigenvalue weighted by atomic mass is 10.1. The molecular formula is C23H26N2O5. The van der Waals surface area contributed by atoms with E-state index in [1.54, 1.807) is 36.9 Å². The van der Waals surface area contributed by atoms with Gasteiger partial charge in [0.1, 0.15) is 6.54 Å². The summed E-state index contributed by atoms with van der Waals surface area (Å²) in [6.07, 6.45) is 2.36. The Balaban J connectivity index is 1.70. The number of carbonyl (C=O) groups excluding carboxylic acids is 2. The van der Waals surface area contributed by atoms with Crippen molar-refractivity contribution in [1.82, 2.24) is 9.47 Å². The maximum Gasteiger partial charge on any atom is 0.340 e. The molecule has 7 heteroatoms. The number of nitrogens with zero attached hydrogens (tertiary/aromatic N) is 2. The molecule has 0 saturated carbocycles. The van der Waals surface area contributed by atoms with E-state index < -0.39 is 5.97 Å². The fourth-order valence-electron chi connectivity index (χ4n) is 3.37. The number of hydrogen-bond acceptors (Lipinski definition) is 5. The van der Waals surface area contributed by atoms with E-state index in [0.29, 0.717) is 30.0 Å². The Morgan fingerprint density at radius 2 is 1.73 bits per heavy atom. The van der Waals surface area contributed by atoms with Crippen LogP contribution < -0.4 is 9.47 Å². The van der Waals surface area contributed by atoms with E-state index in [9.17, 15) is 9.59 Å². The largest absolute Gasteiger partial charge is 0.493 e. The normalized spacial score (nSPS) is 10.7. The highest BCUT2D eigenvalue weighted by molar-refractivity contribution is 6.04. The summed E-state index contributed by atoms with van der Waals surface area (Å²) in [5.41, 5.74) is 2.32. The van der Waals surface area contributed by atoms with E-state index in [4.69, 9.17) is 14.2 Å². The predicted molar refractivity (Wildman–Crippen MR) is 114 cm³/mol. The molecule has 0 atom stereocenters. The summed E-state index contributed by atoms with van der Waals surface area (Å²) in [7, 11) is 6.32. The number of aromatic nitrogens is 1. The van der Waals surface area contributed by atoms with E-state index in [-0.39, 0.29) is 12.5 Å². The summed E-state index contributed by atoms with van der Waals surface area (Å²) in [4.78, 5) is 26.5. The van der Waals surface area contributed by atoms with Gasteiger partial charge in [-0.25, -0.2) is 4.79 Å². The Morgan fingerprint density at radius 3 is 2.43 bits per heavy atom. The van der Waals surface area contributed by atoms with Crippen LogP contribution >= 0.6 is 0 Å². The zero-order valence-electron chi connectivity index (χ0n) is 17.7. The van der Waals surface area contributed by atoms with E-state index in [1.165, 1.54) is 7.11 Å². The van der Waals surface area contributed by atoms with Crippen molar-refractivity contribution in [2.45, 2.75) is 13.0 Å². The van der Waals surface area contributed by atoms with Crippen molar-refractivity contribution in [2.24, 2.45) is 0 Å². The van der Waals surface area contributed by atoms with Crippen LogP contribution in [0.1, 0.15) is 15.9 Å². The standard InChI is InChI=1S/C23H26N2O5/c1-24(12-11-16-9-10-20(28-2)21(13-16)29-3)22(26)15-25-14-18(23(27)30-4)17-7-5-6-8-19(17)25/h5-10,13-14H,11-12,15H2,1-4H3. The van der Waals surface area contributed by atoms with Crippen LogP contribution in [0.25, 0.3) is 10.9 Å². The summed E-state index contributed by atoms with van der Waals surface area (Å²) < 4.78 is 17.2. The van der Waals surface area contributed by atoms with Crippen LogP contribution in [0.3, 0.4) is 0 Å². The van der Waals surface area contributed by atoms with Gasteiger partial charge in [0, 0.05) is 30.7 Å². The molecule has 0 bridgehead atoms. The molecular weight excluding hydrogens is 384 g/mol. The molecule has 7 nitrogen and oxygen atoms in total. The van der Waals surface area contributed by atoms with Gasteiger partial charge in [0.25, 0.3) is 0 Å². The number of ether oxygens (including phenoxy) is 3. The molecule has 1 amide bonds. The Bertz CT molecular complexity index is 1060. The van der Waals surface area contributed by atoms with Crippen LogP contribution in [0.15, 0.2) is 48.7 Å². The molecule has 0 aliphatic carbocycles. The third kappa shape index (κ3) is 4.40. The smallest absolute Gasteiger partial charge is 0.340 e. The van der Waals surface area contributed by atoms with Gasteiger partial charge >= 0.3 is 5.97 Å². The average molecular weight is 410 g/mol. The van der Waals surface area contributed by atoms with E-state index in [0.717, 1.165) is 16.5 Å². The zero-order valence-corrected chi connectivity index (χ0v) is 17.7. The minimum Gasteiger partial charge on any atom is -0.493 e. The molecule has 0 fully saturated rings. The number of likely N-dealkylation sites (N-methyl/N-ethyl adjacent to an activating group) is 1. The third-order valence-corrected chi connectivity index (χ3v) is 5.11. The first-order valence-electron chi connectivity index (χ1n) is 9.59. The molecule has 1 aromatic heterocycles. The van der Waals surface area contributed by atoms with Gasteiger partial charge in [-0.15, -0.1) is 0 Å². The van der Waals surface area contributed by atoms with Crippen LogP contribution in [0.4, 0.5) is 0 Å². The van der Waals surface area contributed by atoms with Gasteiger partial charge < -0.3 is 23.7 Å². The number of carbonyl (C=O) groups is 2. The fourth-order valence-corrected chi connectivity index (χ4v) is 3.37. The van der Waals surface area contributed by atoms with E-state index in [1.807, 2.05) is 42.5 Å². The van der Waals surface area contributed by atoms with Crippen LogP contribution in [-0.2, 0) is 22.5 Å². The molecule has 3 rings (SSSR count). The van der Waals surface area contributed by atoms with E-state index in [2.05, 4.69) is 0 Å². The maximum absolute atomic E-state index is 12.8. The maximum atomic E-state index is 12.8. The first-order valence-corrected chi connectivity index (χ1v) is 9.59. The van der Waals surface area contributed by atoms with Gasteiger partial charge in [0.2, 0.25) is 5.91 Å². The van der Waals surface area contributed by atoms with Crippen LogP contribution in [-0.4, -0.2) is 56.3 Å². The van der Waals surface area contributed by atoms with Crippen molar-refractivity contribution in [2.75, 3.05) is 34.9 Å². The molecule has 0 spiro atoms. The minimum absolute atomic E-state index is 0.0485. The van der Waals surface area contributed by atoms with Crippen molar-refractivity contribution >= 4 is 22.8 Å². The average Bonchev–Trinajstić information content (AvgIpc) is 3.15. The second kappa shape index (κ2) is 9.35. The molecule has 3 aromatic rings. The number of rotatable bonds is 8. The van der Waals surface area contributed by atoms with Crippen LogP contribution in [0.5, 0.6) is 11.5 Å². The first-order chi connectivity index (χ1) is 14.5. The highest BCUT2D eigenvalue weighted by atomic mass is 16.5. The molecule has 0 saturated heterocycles. The minimum atomic E-state index is -0.417. The Hall–Kier alpha value is -3.48. The number of benzene rings is 2. The molecule has 1 heterocycles. The highest BCUT2D eigenvalue weighted by Crippen LogP contribution is 2.27. The van der Waals surface area contributed by atoms with Crippen molar-refractivity contribution < 1.29 is 23.8 Å². The molecule has 0 aliphatic heterocycles. The summed E-state index contributed by atoms with van der Waals surface area (Å²) in [5.74, 6) is 0.872. The first kappa shape index (κ1) is 21.2. The zero-order chi connectivity index (χ0) is 21.7. The number of para-hydroxylation sites is 1. The number of esters is 1. The molecule has 0 unspecified atom stereocenters. The number of hydrogen-bond donors (Lipinski definition) is 0. The number of amides is 1. The van der Waals surface area contributed by atoms with Gasteiger partial charge in [-0.2, -0.15) is 0 Å². The second-order valence-corrected chi connectivity index (χ2v) is 6.93. The Kier molecular flexibility index (Phi) is 6.61. The monoisotopic (exact) mass is 410 g/mol. The Labute approximate surface area is 175 Å². The van der Waals surface area contributed by atoms with E-state index >= 15 is 0 Å².